The van der Waals surface area contributed by atoms with Crippen molar-refractivity contribution in [3.05, 3.63) is 265 Å². The van der Waals surface area contributed by atoms with Crippen LogP contribution in [0.5, 0.6) is 5.75 Å². The largest absolute Gasteiger partial charge is 0.484 e. The van der Waals surface area contributed by atoms with Gasteiger partial charge in [0.05, 0.1) is 0 Å². The van der Waals surface area contributed by atoms with Crippen molar-refractivity contribution in [2.75, 3.05) is 0 Å². The Labute approximate surface area is 449 Å². The Hall–Kier alpha value is -7.22. The van der Waals surface area contributed by atoms with E-state index in [1.54, 1.807) is 50.1 Å². The second-order valence-corrected chi connectivity index (χ2v) is 24.7. The van der Waals surface area contributed by atoms with Crippen LogP contribution in [0.4, 0.5) is 0 Å². The summed E-state index contributed by atoms with van der Waals surface area (Å²) in [6.45, 7) is 4.71. The van der Waals surface area contributed by atoms with Crippen LogP contribution in [0.1, 0.15) is 156 Å². The highest BCUT2D eigenvalue weighted by atomic mass is 16.5. The van der Waals surface area contributed by atoms with Gasteiger partial charge in [0.1, 0.15) is 11.9 Å². The van der Waals surface area contributed by atoms with E-state index in [9.17, 15) is 0 Å². The summed E-state index contributed by atoms with van der Waals surface area (Å²) in [7, 11) is 0. The molecule has 8 aromatic carbocycles. The predicted octanol–water partition coefficient (Wildman–Crippen LogP) is 18.4. The van der Waals surface area contributed by atoms with Gasteiger partial charge in [0.2, 0.25) is 0 Å². The maximum absolute atomic E-state index is 7.05. The summed E-state index contributed by atoms with van der Waals surface area (Å²) in [6, 6.07) is 67.2. The van der Waals surface area contributed by atoms with Crippen LogP contribution in [-0.2, 0) is 29.1 Å². The normalized spacial score (nSPS) is 25.2. The van der Waals surface area contributed by atoms with Crippen molar-refractivity contribution in [1.82, 2.24) is 0 Å². The van der Waals surface area contributed by atoms with Crippen LogP contribution in [0.3, 0.4) is 0 Å². The van der Waals surface area contributed by atoms with Gasteiger partial charge in [-0.3, -0.25) is 0 Å². The van der Waals surface area contributed by atoms with Gasteiger partial charge in [-0.25, -0.2) is 0 Å². The van der Waals surface area contributed by atoms with E-state index >= 15 is 0 Å². The van der Waals surface area contributed by atoms with Gasteiger partial charge < -0.3 is 4.74 Å². The molecule has 0 saturated heterocycles. The van der Waals surface area contributed by atoms with Gasteiger partial charge in [0.25, 0.3) is 0 Å². The van der Waals surface area contributed by atoms with Crippen LogP contribution in [0.25, 0.3) is 44.5 Å². The monoisotopic (exact) mass is 980 g/mol. The third-order valence-corrected chi connectivity index (χ3v) is 21.0. The third-order valence-electron chi connectivity index (χ3n) is 21.0. The van der Waals surface area contributed by atoms with Crippen molar-refractivity contribution < 1.29 is 4.74 Å². The van der Waals surface area contributed by atoms with E-state index in [1.807, 2.05) is 5.57 Å². The van der Waals surface area contributed by atoms with E-state index in [4.69, 9.17) is 4.74 Å². The molecule has 76 heavy (non-hydrogen) atoms. The number of fused-ring (bicyclic) bond motifs is 17. The quantitative estimate of drug-likeness (QED) is 0.160. The molecule has 5 unspecified atom stereocenters. The zero-order valence-electron chi connectivity index (χ0n) is 44.1. The van der Waals surface area contributed by atoms with Gasteiger partial charge in [-0.15, -0.1) is 0 Å². The zero-order valence-corrected chi connectivity index (χ0v) is 44.1. The summed E-state index contributed by atoms with van der Waals surface area (Å²) in [5.74, 6) is 1.87. The highest BCUT2D eigenvalue weighted by molar-refractivity contribution is 6.12. The molecule has 0 radical (unpaired) electrons. The number of aryl methyl sites for hydroxylation is 1. The number of allylic oxidation sites excluding steroid dienone is 4. The molecule has 1 heteroatoms. The molecular weight excluding hydrogens is 917 g/mol. The summed E-state index contributed by atoms with van der Waals surface area (Å²) in [5.41, 5.74) is 37.2. The Bertz CT molecular complexity index is 3920. The second kappa shape index (κ2) is 15.9. The van der Waals surface area contributed by atoms with Gasteiger partial charge in [0, 0.05) is 33.3 Å². The molecule has 3 spiro atoms. The van der Waals surface area contributed by atoms with Crippen molar-refractivity contribution in [2.45, 2.75) is 132 Å². The van der Waals surface area contributed by atoms with Gasteiger partial charge in [-0.1, -0.05) is 201 Å². The average Bonchev–Trinajstić information content (AvgIpc) is 2.09. The number of ether oxygens (including phenoxy) is 1. The topological polar surface area (TPSA) is 9.23 Å². The zero-order chi connectivity index (χ0) is 50.1. The van der Waals surface area contributed by atoms with Crippen molar-refractivity contribution in [1.29, 1.82) is 0 Å². The van der Waals surface area contributed by atoms with E-state index in [0.29, 0.717) is 11.8 Å². The maximum Gasteiger partial charge on any atom is 0.136 e. The second-order valence-electron chi connectivity index (χ2n) is 24.7. The summed E-state index contributed by atoms with van der Waals surface area (Å²) >= 11 is 0. The first kappa shape index (κ1) is 44.0. The summed E-state index contributed by atoms with van der Waals surface area (Å²) < 4.78 is 7.05. The molecule has 5 atom stereocenters. The summed E-state index contributed by atoms with van der Waals surface area (Å²) in [4.78, 5) is 0. The van der Waals surface area contributed by atoms with Crippen molar-refractivity contribution in [3.8, 4) is 39.1 Å². The Morgan fingerprint density at radius 2 is 1.25 bits per heavy atom. The molecular formula is C75H64O. The lowest BCUT2D eigenvalue weighted by molar-refractivity contribution is 0.252. The summed E-state index contributed by atoms with van der Waals surface area (Å²) in [6.07, 6.45) is 16.4. The summed E-state index contributed by atoms with van der Waals surface area (Å²) in [5, 5.41) is 0. The number of rotatable bonds is 3. The fourth-order valence-corrected chi connectivity index (χ4v) is 18.6. The lowest BCUT2D eigenvalue weighted by Gasteiger charge is -2.46. The molecule has 0 amide bonds. The molecule has 1 heterocycles. The molecule has 8 aromatic rings. The Kier molecular flexibility index (Phi) is 9.21. The van der Waals surface area contributed by atoms with Gasteiger partial charge in [-0.2, -0.15) is 0 Å². The van der Waals surface area contributed by atoms with Crippen molar-refractivity contribution in [2.24, 2.45) is 0 Å². The molecule has 10 aliphatic rings. The molecule has 1 fully saturated rings. The smallest absolute Gasteiger partial charge is 0.136 e. The van der Waals surface area contributed by atoms with E-state index in [1.165, 1.54) is 149 Å². The van der Waals surface area contributed by atoms with Gasteiger partial charge in [-0.05, 0) is 200 Å². The SMILES string of the molecule is Cc1ccc2c(c1)C1(CCCCC1)c1cc(-c3ccccc3)c3c(c1-2)-c1ccccc1CC3C.c1ccc(Cc2ccc3c(c2)C24CCCC5=C2C2(CCC5)C5=C4C3=C3c4ccccc4OC3C5c3ccccc32)cc1. The Morgan fingerprint density at radius 1 is 0.526 bits per heavy atom. The molecule has 9 aliphatic carbocycles. The number of benzene rings is 8. The van der Waals surface area contributed by atoms with Crippen LogP contribution in [0.2, 0.25) is 0 Å². The Balaban J connectivity index is 0.000000127. The minimum Gasteiger partial charge on any atom is -0.484 e. The molecule has 1 aliphatic heterocycles. The van der Waals surface area contributed by atoms with Crippen LogP contribution >= 0.6 is 0 Å². The fourth-order valence-electron chi connectivity index (χ4n) is 18.6. The highest BCUT2D eigenvalue weighted by Crippen LogP contribution is 2.80. The molecule has 0 N–H and O–H groups in total. The number of hydrogen-bond donors (Lipinski definition) is 0. The lowest BCUT2D eigenvalue weighted by Crippen LogP contribution is -2.39. The van der Waals surface area contributed by atoms with Crippen LogP contribution in [0, 0.1) is 6.92 Å². The minimum atomic E-state index is 0.0159. The van der Waals surface area contributed by atoms with Gasteiger partial charge >= 0.3 is 0 Å². The fraction of sp³-hybridized carbons (Fsp3) is 0.280. The van der Waals surface area contributed by atoms with Crippen molar-refractivity contribution in [3.63, 3.8) is 0 Å². The molecule has 18 rings (SSSR count). The van der Waals surface area contributed by atoms with Crippen LogP contribution in [0.15, 0.2) is 198 Å². The molecule has 0 bridgehead atoms. The third kappa shape index (κ3) is 5.57. The maximum atomic E-state index is 7.05. The molecule has 1 saturated carbocycles. The van der Waals surface area contributed by atoms with Crippen LogP contribution < -0.4 is 4.74 Å². The molecule has 370 valence electrons. The number of para-hydroxylation sites is 1. The van der Waals surface area contributed by atoms with Gasteiger partial charge in [0.15, 0.2) is 0 Å². The molecule has 1 nitrogen and oxygen atoms in total. The predicted molar refractivity (Wildman–Crippen MR) is 311 cm³/mol. The molecule has 0 aromatic heterocycles. The standard InChI is InChI=1S/C41H32O.C34H32/c1-2-10-24(11-3-1)22-25-18-19-28-31(23-25)41-21-9-13-26-12-8-20-40(39(26)41)30-16-6-4-14-27(30)35-37(40)36(41)33(28)34-29-15-5-7-17-32(29)42-38(34)35;1-22-15-16-27-29(19-22)34(17-9-4-10-18-34)30-21-28(24-11-5-3-6-12-24)31-23(2)20-25-13-7-8-14-26(25)33(31)32(27)30/h1-7,10-11,14-19,23,35,38H,8-9,12-13,20-22H2;3,5-8,11-16,19,21,23H,4,9-10,17-18,20H2,1-2H3. The van der Waals surface area contributed by atoms with Crippen LogP contribution in [-0.4, -0.2) is 6.10 Å². The first-order valence-electron chi connectivity index (χ1n) is 29.2. The first-order chi connectivity index (χ1) is 37.5. The highest BCUT2D eigenvalue weighted by Gasteiger charge is 2.71. The van der Waals surface area contributed by atoms with E-state index in [0.717, 1.165) is 18.6 Å². The first-order valence-corrected chi connectivity index (χ1v) is 29.2. The average molecular weight is 981 g/mol. The minimum absolute atomic E-state index is 0.0159. The van der Waals surface area contributed by atoms with Crippen molar-refractivity contribution >= 4 is 11.1 Å². The van der Waals surface area contributed by atoms with E-state index in [-0.39, 0.29) is 22.3 Å². The van der Waals surface area contributed by atoms with E-state index < -0.39 is 0 Å². The Morgan fingerprint density at radius 3 is 2.09 bits per heavy atom. The van der Waals surface area contributed by atoms with E-state index in [2.05, 4.69) is 190 Å². The number of hydrogen-bond acceptors (Lipinski definition) is 1. The lowest BCUT2D eigenvalue weighted by atomic mass is 9.56.